The Balaban J connectivity index is 2.21. The zero-order valence-electron chi connectivity index (χ0n) is 22.7. The summed E-state index contributed by atoms with van der Waals surface area (Å²) in [5.41, 5.74) is 15.3. The first-order valence-corrected chi connectivity index (χ1v) is 13.2. The molecule has 1 heterocycles. The molecule has 0 fully saturated rings. The fraction of sp³-hybridized carbons (Fsp3) is 0.357. The van der Waals surface area contributed by atoms with Gasteiger partial charge in [-0.25, -0.2) is 0 Å². The van der Waals surface area contributed by atoms with Gasteiger partial charge in [-0.3, -0.25) is 19.3 Å². The van der Waals surface area contributed by atoms with E-state index in [1.54, 1.807) is 0 Å². The summed E-state index contributed by atoms with van der Waals surface area (Å²) in [4.78, 5) is 43.3. The maximum atomic E-state index is 14.2. The summed E-state index contributed by atoms with van der Waals surface area (Å²) in [6.07, 6.45) is 0.791. The van der Waals surface area contributed by atoms with Crippen molar-refractivity contribution in [3.05, 3.63) is 69.7 Å². The van der Waals surface area contributed by atoms with Gasteiger partial charge in [0.2, 0.25) is 5.91 Å². The summed E-state index contributed by atoms with van der Waals surface area (Å²) in [6, 6.07) is 12.1. The molecule has 5 N–H and O–H groups in total. The van der Waals surface area contributed by atoms with Gasteiger partial charge in [-0.2, -0.15) is 4.37 Å². The lowest BCUT2D eigenvalue weighted by atomic mass is 10.00. The first-order chi connectivity index (χ1) is 17.9. The van der Waals surface area contributed by atoms with Gasteiger partial charge in [0.05, 0.1) is 5.69 Å². The number of hydrogen-bond acceptors (Lipinski definition) is 7. The van der Waals surface area contributed by atoms with Crippen LogP contribution in [0.4, 0.5) is 17.1 Å². The summed E-state index contributed by atoms with van der Waals surface area (Å²) in [5, 5.41) is 3.01. The van der Waals surface area contributed by atoms with Crippen molar-refractivity contribution in [2.24, 2.45) is 11.7 Å². The molecule has 10 heteroatoms. The van der Waals surface area contributed by atoms with Crippen molar-refractivity contribution < 1.29 is 14.4 Å². The van der Waals surface area contributed by atoms with Crippen LogP contribution in [-0.2, 0) is 4.79 Å². The number of rotatable bonds is 10. The molecule has 9 nitrogen and oxygen atoms in total. The van der Waals surface area contributed by atoms with Gasteiger partial charge < -0.3 is 21.7 Å². The monoisotopic (exact) mass is 536 g/mol. The van der Waals surface area contributed by atoms with Crippen molar-refractivity contribution in [3.63, 3.8) is 0 Å². The van der Waals surface area contributed by atoms with Gasteiger partial charge in [-0.1, -0.05) is 43.7 Å². The number of nitrogens with one attached hydrogen (secondary N) is 1. The van der Waals surface area contributed by atoms with E-state index in [1.165, 1.54) is 4.90 Å². The number of aromatic nitrogens is 1. The maximum Gasteiger partial charge on any atom is 0.273 e. The van der Waals surface area contributed by atoms with Crippen LogP contribution < -0.4 is 26.6 Å². The minimum atomic E-state index is -1.01. The number of amides is 3. The second kappa shape index (κ2) is 12.1. The smallest absolute Gasteiger partial charge is 0.273 e. The molecule has 2 aromatic carbocycles. The van der Waals surface area contributed by atoms with Crippen LogP contribution in [0.5, 0.6) is 0 Å². The lowest BCUT2D eigenvalue weighted by Crippen LogP contribution is -2.44. The van der Waals surface area contributed by atoms with Crippen LogP contribution in [0.2, 0.25) is 0 Å². The summed E-state index contributed by atoms with van der Waals surface area (Å²) < 4.78 is 4.01. The number of aryl methyl sites for hydroxylation is 2. The lowest BCUT2D eigenvalue weighted by Gasteiger charge is -2.32. The van der Waals surface area contributed by atoms with Gasteiger partial charge in [0.1, 0.15) is 10.9 Å². The van der Waals surface area contributed by atoms with Gasteiger partial charge >= 0.3 is 0 Å². The van der Waals surface area contributed by atoms with Crippen LogP contribution >= 0.6 is 11.5 Å². The van der Waals surface area contributed by atoms with E-state index in [0.717, 1.165) is 34.8 Å². The highest BCUT2D eigenvalue weighted by Gasteiger charge is 2.36. The standard InChI is InChI=1S/C28H36N6O3S/c1-16(2)13-14-31-27(36)24(19-8-10-20(11-9-19)33(5)6)34(21-12-7-17(3)15-18(21)4)28(37)25-22(29)23(26(30)35)32-38-25/h7-12,15-16,24H,13-14,29H2,1-6H3,(H2,30,35)(H,31,36). The number of nitrogens with zero attached hydrogens (tertiary/aromatic N) is 3. The van der Waals surface area contributed by atoms with E-state index in [-0.39, 0.29) is 22.2 Å². The predicted octanol–water partition coefficient (Wildman–Crippen LogP) is 4.06. The molecule has 0 aliphatic rings. The average Bonchev–Trinajstić information content (AvgIpc) is 3.24. The van der Waals surface area contributed by atoms with Gasteiger partial charge in [0, 0.05) is 32.0 Å². The van der Waals surface area contributed by atoms with Crippen LogP contribution in [0.15, 0.2) is 42.5 Å². The molecule has 3 amide bonds. The molecule has 202 valence electrons. The van der Waals surface area contributed by atoms with Crippen molar-refractivity contribution in [1.82, 2.24) is 9.69 Å². The minimum absolute atomic E-state index is 0.0451. The fourth-order valence-corrected chi connectivity index (χ4v) is 4.88. The quantitative estimate of drug-likeness (QED) is 0.358. The Morgan fingerprint density at radius 3 is 2.24 bits per heavy atom. The molecule has 1 unspecified atom stereocenters. The Hall–Kier alpha value is -3.92. The third-order valence-corrected chi connectivity index (χ3v) is 7.09. The molecule has 3 rings (SSSR count). The number of nitrogen functional groups attached to an aromatic ring is 1. The van der Waals surface area contributed by atoms with E-state index in [1.807, 2.05) is 75.3 Å². The second-order valence-electron chi connectivity index (χ2n) is 9.97. The largest absolute Gasteiger partial charge is 0.395 e. The molecule has 3 aromatic rings. The number of anilines is 3. The zero-order valence-corrected chi connectivity index (χ0v) is 23.6. The van der Waals surface area contributed by atoms with Crippen molar-refractivity contribution >= 4 is 46.3 Å². The van der Waals surface area contributed by atoms with Gasteiger partial charge in [-0.15, -0.1) is 0 Å². The third kappa shape index (κ3) is 6.31. The van der Waals surface area contributed by atoms with Gasteiger partial charge in [0.15, 0.2) is 5.69 Å². The van der Waals surface area contributed by atoms with E-state index in [2.05, 4.69) is 23.5 Å². The SMILES string of the molecule is Cc1ccc(N(C(=O)c2snc(C(N)=O)c2N)C(C(=O)NCCC(C)C)c2ccc(N(C)C)cc2)c(C)c1. The summed E-state index contributed by atoms with van der Waals surface area (Å²) in [5.74, 6) is -1.29. The Bertz CT molecular complexity index is 1320. The van der Waals surface area contributed by atoms with Crippen LogP contribution in [0.3, 0.4) is 0 Å². The molecular formula is C28H36N6O3S. The molecule has 0 saturated heterocycles. The Kier molecular flexibility index (Phi) is 9.11. The van der Waals surface area contributed by atoms with Crippen molar-refractivity contribution in [2.75, 3.05) is 36.2 Å². The Morgan fingerprint density at radius 1 is 1.05 bits per heavy atom. The van der Waals surface area contributed by atoms with E-state index in [4.69, 9.17) is 11.5 Å². The summed E-state index contributed by atoms with van der Waals surface area (Å²) >= 11 is 0.792. The van der Waals surface area contributed by atoms with E-state index < -0.39 is 17.9 Å². The van der Waals surface area contributed by atoms with E-state index in [0.29, 0.717) is 23.7 Å². The number of primary amides is 1. The second-order valence-corrected chi connectivity index (χ2v) is 10.7. The highest BCUT2D eigenvalue weighted by atomic mass is 32.1. The lowest BCUT2D eigenvalue weighted by molar-refractivity contribution is -0.122. The van der Waals surface area contributed by atoms with Crippen LogP contribution in [0.25, 0.3) is 0 Å². The normalized spacial score (nSPS) is 11.8. The average molecular weight is 537 g/mol. The van der Waals surface area contributed by atoms with Crippen molar-refractivity contribution in [1.29, 1.82) is 0 Å². The van der Waals surface area contributed by atoms with Crippen LogP contribution in [-0.4, -0.2) is 42.7 Å². The molecule has 1 atom stereocenters. The van der Waals surface area contributed by atoms with Crippen LogP contribution in [0.1, 0.15) is 63.2 Å². The third-order valence-electron chi connectivity index (χ3n) is 6.24. The molecule has 0 saturated carbocycles. The molecule has 0 radical (unpaired) electrons. The molecule has 0 aliphatic carbocycles. The number of carbonyl (C=O) groups excluding carboxylic acids is 3. The number of nitrogens with two attached hydrogens (primary N) is 2. The summed E-state index contributed by atoms with van der Waals surface area (Å²) in [6.45, 7) is 8.47. The highest BCUT2D eigenvalue weighted by Crippen LogP contribution is 2.35. The number of benzene rings is 2. The Morgan fingerprint density at radius 2 is 1.71 bits per heavy atom. The predicted molar refractivity (Wildman–Crippen MR) is 154 cm³/mol. The minimum Gasteiger partial charge on any atom is -0.395 e. The molecular weight excluding hydrogens is 500 g/mol. The van der Waals surface area contributed by atoms with Crippen molar-refractivity contribution in [3.8, 4) is 0 Å². The fourth-order valence-electron chi connectivity index (χ4n) is 4.13. The Labute approximate surface area is 228 Å². The first kappa shape index (κ1) is 28.6. The molecule has 0 aliphatic heterocycles. The highest BCUT2D eigenvalue weighted by molar-refractivity contribution is 7.09. The topological polar surface area (TPSA) is 135 Å². The van der Waals surface area contributed by atoms with Gasteiger partial charge in [0.25, 0.3) is 11.8 Å². The number of carbonyl (C=O) groups is 3. The maximum absolute atomic E-state index is 14.2. The number of hydrogen-bond donors (Lipinski definition) is 3. The van der Waals surface area contributed by atoms with Crippen LogP contribution in [0, 0.1) is 19.8 Å². The molecule has 38 heavy (non-hydrogen) atoms. The van der Waals surface area contributed by atoms with E-state index in [9.17, 15) is 14.4 Å². The first-order valence-electron chi connectivity index (χ1n) is 12.4. The molecule has 1 aromatic heterocycles. The zero-order chi connectivity index (χ0) is 28.1. The molecule has 0 spiro atoms. The van der Waals surface area contributed by atoms with E-state index >= 15 is 0 Å². The molecule has 0 bridgehead atoms. The van der Waals surface area contributed by atoms with Crippen molar-refractivity contribution in [2.45, 2.75) is 40.2 Å². The summed E-state index contributed by atoms with van der Waals surface area (Å²) in [7, 11) is 3.86. The van der Waals surface area contributed by atoms with Gasteiger partial charge in [-0.05, 0) is 67.0 Å².